The molecule has 0 radical (unpaired) electrons. The van der Waals surface area contributed by atoms with Crippen LogP contribution in [0.25, 0.3) is 0 Å². The lowest BCUT2D eigenvalue weighted by Crippen LogP contribution is -2.23. The zero-order valence-corrected chi connectivity index (χ0v) is 13.3. The van der Waals surface area contributed by atoms with Gasteiger partial charge in [0.25, 0.3) is 5.91 Å². The molecule has 1 amide bonds. The molecule has 0 bridgehead atoms. The number of carbonyl (C=O) groups is 1. The Kier molecular flexibility index (Phi) is 8.25. The Morgan fingerprint density at radius 1 is 1.24 bits per heavy atom. The van der Waals surface area contributed by atoms with Gasteiger partial charge in [-0.05, 0) is 37.6 Å². The molecule has 0 heterocycles. The number of anilines is 1. The third-order valence-corrected chi connectivity index (χ3v) is 3.46. The summed E-state index contributed by atoms with van der Waals surface area (Å²) in [5.74, 6) is -0.0611. The lowest BCUT2D eigenvalue weighted by molar-refractivity contribution is 0.0958. The molecule has 1 unspecified atom stereocenters. The number of hydrogen-bond donors (Lipinski definition) is 2. The van der Waals surface area contributed by atoms with Gasteiger partial charge in [-0.25, -0.2) is 0 Å². The second-order valence-corrected chi connectivity index (χ2v) is 5.47. The highest BCUT2D eigenvalue weighted by Gasteiger charge is 2.05. The summed E-state index contributed by atoms with van der Waals surface area (Å²) in [6.07, 6.45) is 8.03. The summed E-state index contributed by atoms with van der Waals surface area (Å²) in [6.45, 7) is 8.51. The molecule has 0 aliphatic heterocycles. The number of benzene rings is 1. The summed E-state index contributed by atoms with van der Waals surface area (Å²) in [5, 5.41) is 6.25. The van der Waals surface area contributed by atoms with Gasteiger partial charge in [0.15, 0.2) is 0 Å². The average Bonchev–Trinajstić information content (AvgIpc) is 2.50. The minimum absolute atomic E-state index is 0.0611. The summed E-state index contributed by atoms with van der Waals surface area (Å²) in [5.41, 5.74) is 1.75. The summed E-state index contributed by atoms with van der Waals surface area (Å²) < 4.78 is 0. The first kappa shape index (κ1) is 17.3. The normalized spacial score (nSPS) is 11.7. The van der Waals surface area contributed by atoms with Crippen LogP contribution in [0.3, 0.4) is 0 Å². The Morgan fingerprint density at radius 2 is 1.95 bits per heavy atom. The molecule has 21 heavy (non-hydrogen) atoms. The molecule has 1 atom stereocenters. The van der Waals surface area contributed by atoms with E-state index in [0.717, 1.165) is 5.69 Å². The Balaban J connectivity index is 2.39. The second kappa shape index (κ2) is 10.0. The maximum atomic E-state index is 11.8. The van der Waals surface area contributed by atoms with Crippen molar-refractivity contribution in [1.82, 2.24) is 5.32 Å². The van der Waals surface area contributed by atoms with Crippen molar-refractivity contribution in [2.45, 2.75) is 52.0 Å². The Bertz CT molecular complexity index is 425. The molecule has 3 nitrogen and oxygen atoms in total. The van der Waals surface area contributed by atoms with Gasteiger partial charge in [0, 0.05) is 23.8 Å². The van der Waals surface area contributed by atoms with E-state index in [9.17, 15) is 4.79 Å². The fraction of sp³-hybridized carbons (Fsp3) is 0.500. The lowest BCUT2D eigenvalue weighted by Gasteiger charge is -2.15. The first-order chi connectivity index (χ1) is 10.2. The topological polar surface area (TPSA) is 41.1 Å². The fourth-order valence-electron chi connectivity index (χ4n) is 2.22. The Hall–Kier alpha value is -1.77. The van der Waals surface area contributed by atoms with Crippen LogP contribution in [0.15, 0.2) is 36.9 Å². The van der Waals surface area contributed by atoms with E-state index in [1.165, 1.54) is 32.1 Å². The summed E-state index contributed by atoms with van der Waals surface area (Å²) in [4.78, 5) is 11.8. The van der Waals surface area contributed by atoms with E-state index >= 15 is 0 Å². The first-order valence-electron chi connectivity index (χ1n) is 7.93. The van der Waals surface area contributed by atoms with E-state index in [1.54, 1.807) is 6.08 Å². The van der Waals surface area contributed by atoms with Crippen molar-refractivity contribution in [1.29, 1.82) is 0 Å². The van der Waals surface area contributed by atoms with Crippen LogP contribution in [0.4, 0.5) is 5.69 Å². The quantitative estimate of drug-likeness (QED) is 0.496. The van der Waals surface area contributed by atoms with E-state index in [-0.39, 0.29) is 5.91 Å². The van der Waals surface area contributed by atoms with Gasteiger partial charge in [0.2, 0.25) is 0 Å². The van der Waals surface area contributed by atoms with Gasteiger partial charge in [-0.2, -0.15) is 0 Å². The summed E-state index contributed by atoms with van der Waals surface area (Å²) in [7, 11) is 0. The Labute approximate surface area is 128 Å². The molecule has 0 aliphatic carbocycles. The number of hydrogen-bond acceptors (Lipinski definition) is 2. The molecule has 2 N–H and O–H groups in total. The van der Waals surface area contributed by atoms with Crippen molar-refractivity contribution in [3.63, 3.8) is 0 Å². The SMILES string of the molecule is C=CCNC(=O)c1ccc(NC(C)CCCCCC)cc1. The second-order valence-electron chi connectivity index (χ2n) is 5.47. The van der Waals surface area contributed by atoms with E-state index < -0.39 is 0 Å². The van der Waals surface area contributed by atoms with E-state index in [0.29, 0.717) is 18.2 Å². The number of amides is 1. The average molecular weight is 288 g/mol. The van der Waals surface area contributed by atoms with Crippen molar-refractivity contribution in [2.24, 2.45) is 0 Å². The zero-order chi connectivity index (χ0) is 15.5. The van der Waals surface area contributed by atoms with Crippen molar-refractivity contribution in [2.75, 3.05) is 11.9 Å². The van der Waals surface area contributed by atoms with Gasteiger partial charge in [-0.15, -0.1) is 6.58 Å². The predicted molar refractivity (Wildman–Crippen MR) is 90.8 cm³/mol. The first-order valence-corrected chi connectivity index (χ1v) is 7.93. The molecule has 0 fully saturated rings. The highest BCUT2D eigenvalue weighted by atomic mass is 16.1. The monoisotopic (exact) mass is 288 g/mol. The number of unbranched alkanes of at least 4 members (excludes halogenated alkanes) is 3. The summed E-state index contributed by atoms with van der Waals surface area (Å²) in [6, 6.07) is 8.09. The zero-order valence-electron chi connectivity index (χ0n) is 13.3. The number of carbonyl (C=O) groups excluding carboxylic acids is 1. The minimum Gasteiger partial charge on any atom is -0.383 e. The smallest absolute Gasteiger partial charge is 0.251 e. The van der Waals surface area contributed by atoms with Crippen LogP contribution in [0, 0.1) is 0 Å². The van der Waals surface area contributed by atoms with Gasteiger partial charge in [0.1, 0.15) is 0 Å². The Morgan fingerprint density at radius 3 is 2.57 bits per heavy atom. The molecular formula is C18H28N2O. The molecular weight excluding hydrogens is 260 g/mol. The van der Waals surface area contributed by atoms with Crippen LogP contribution in [-0.4, -0.2) is 18.5 Å². The molecule has 116 valence electrons. The molecule has 0 saturated heterocycles. The third kappa shape index (κ3) is 6.98. The van der Waals surface area contributed by atoms with E-state index in [4.69, 9.17) is 0 Å². The van der Waals surface area contributed by atoms with Crippen molar-refractivity contribution in [3.05, 3.63) is 42.5 Å². The van der Waals surface area contributed by atoms with Crippen LogP contribution in [-0.2, 0) is 0 Å². The van der Waals surface area contributed by atoms with Crippen LogP contribution in [0.2, 0.25) is 0 Å². The van der Waals surface area contributed by atoms with Gasteiger partial charge < -0.3 is 10.6 Å². The van der Waals surface area contributed by atoms with Gasteiger partial charge in [-0.3, -0.25) is 4.79 Å². The summed E-state index contributed by atoms with van der Waals surface area (Å²) >= 11 is 0. The van der Waals surface area contributed by atoms with E-state index in [1.807, 2.05) is 24.3 Å². The predicted octanol–water partition coefficient (Wildman–Crippen LogP) is 4.37. The van der Waals surface area contributed by atoms with Crippen LogP contribution in [0.1, 0.15) is 56.3 Å². The van der Waals surface area contributed by atoms with Gasteiger partial charge >= 0.3 is 0 Å². The molecule has 3 heteroatoms. The molecule has 0 saturated carbocycles. The largest absolute Gasteiger partial charge is 0.383 e. The van der Waals surface area contributed by atoms with Gasteiger partial charge in [0.05, 0.1) is 0 Å². The maximum absolute atomic E-state index is 11.8. The van der Waals surface area contributed by atoms with Crippen molar-refractivity contribution < 1.29 is 4.79 Å². The maximum Gasteiger partial charge on any atom is 0.251 e. The highest BCUT2D eigenvalue weighted by molar-refractivity contribution is 5.94. The molecule has 1 rings (SSSR count). The molecule has 0 spiro atoms. The standard InChI is InChI=1S/C18H28N2O/c1-4-6-7-8-9-15(3)20-17-12-10-16(11-13-17)18(21)19-14-5-2/h5,10-13,15,20H,2,4,6-9,14H2,1,3H3,(H,19,21). The molecule has 0 aliphatic rings. The van der Waals surface area contributed by atoms with Crippen LogP contribution < -0.4 is 10.6 Å². The van der Waals surface area contributed by atoms with Crippen molar-refractivity contribution in [3.8, 4) is 0 Å². The highest BCUT2D eigenvalue weighted by Crippen LogP contribution is 2.14. The van der Waals surface area contributed by atoms with Crippen LogP contribution >= 0.6 is 0 Å². The van der Waals surface area contributed by atoms with Gasteiger partial charge in [-0.1, -0.05) is 38.7 Å². The van der Waals surface area contributed by atoms with Crippen LogP contribution in [0.5, 0.6) is 0 Å². The number of nitrogens with one attached hydrogen (secondary N) is 2. The molecule has 0 aromatic heterocycles. The fourth-order valence-corrected chi connectivity index (χ4v) is 2.22. The molecule has 1 aromatic rings. The van der Waals surface area contributed by atoms with Crippen molar-refractivity contribution >= 4 is 11.6 Å². The number of rotatable bonds is 10. The third-order valence-electron chi connectivity index (χ3n) is 3.46. The minimum atomic E-state index is -0.0611. The van der Waals surface area contributed by atoms with E-state index in [2.05, 4.69) is 31.1 Å². The molecule has 1 aromatic carbocycles. The lowest BCUT2D eigenvalue weighted by atomic mass is 10.1.